The van der Waals surface area contributed by atoms with E-state index in [9.17, 15) is 14.4 Å². The predicted molar refractivity (Wildman–Crippen MR) is 124 cm³/mol. The molecule has 4 rings (SSSR count). The highest BCUT2D eigenvalue weighted by molar-refractivity contribution is 6.02. The minimum absolute atomic E-state index is 0.0401. The average molecular weight is 428 g/mol. The molecule has 0 saturated carbocycles. The summed E-state index contributed by atoms with van der Waals surface area (Å²) < 4.78 is 0. The van der Waals surface area contributed by atoms with Gasteiger partial charge >= 0.3 is 6.03 Å². The lowest BCUT2D eigenvalue weighted by molar-refractivity contribution is -0.133. The molecule has 1 heterocycles. The van der Waals surface area contributed by atoms with Crippen LogP contribution in [0.2, 0.25) is 0 Å². The van der Waals surface area contributed by atoms with Crippen LogP contribution in [0.5, 0.6) is 0 Å². The molecule has 6 heteroatoms. The van der Waals surface area contributed by atoms with Crippen LogP contribution in [0.4, 0.5) is 16.2 Å². The number of anilines is 2. The topological polar surface area (TPSA) is 69.7 Å². The predicted octanol–water partition coefficient (Wildman–Crippen LogP) is 3.95. The molecule has 1 saturated heterocycles. The molecular formula is C26H25N3O3. The smallest absolute Gasteiger partial charge is 0.327 e. The Labute approximate surface area is 187 Å². The summed E-state index contributed by atoms with van der Waals surface area (Å²) in [6.45, 7) is 0.487. The molecule has 1 unspecified atom stereocenters. The van der Waals surface area contributed by atoms with Crippen LogP contribution in [0.3, 0.4) is 0 Å². The number of rotatable bonds is 6. The third kappa shape index (κ3) is 5.03. The van der Waals surface area contributed by atoms with Crippen molar-refractivity contribution in [3.63, 3.8) is 0 Å². The van der Waals surface area contributed by atoms with E-state index in [1.807, 2.05) is 91.0 Å². The van der Waals surface area contributed by atoms with Crippen molar-refractivity contribution in [2.24, 2.45) is 0 Å². The van der Waals surface area contributed by atoms with Gasteiger partial charge in [-0.2, -0.15) is 0 Å². The van der Waals surface area contributed by atoms with E-state index in [0.717, 1.165) is 5.56 Å². The number of benzene rings is 3. The monoisotopic (exact) mass is 427 g/mol. The molecule has 3 aromatic carbocycles. The van der Waals surface area contributed by atoms with E-state index in [1.54, 1.807) is 4.90 Å². The van der Waals surface area contributed by atoms with E-state index in [1.165, 1.54) is 4.90 Å². The fourth-order valence-electron chi connectivity index (χ4n) is 3.84. The summed E-state index contributed by atoms with van der Waals surface area (Å²) in [6.07, 6.45) is 0.700. The number of carbonyl (C=O) groups is 3. The normalized spacial score (nSPS) is 14.1. The molecule has 1 aliphatic rings. The molecule has 1 N–H and O–H groups in total. The first-order chi connectivity index (χ1) is 15.6. The molecule has 1 atom stereocenters. The van der Waals surface area contributed by atoms with Crippen LogP contribution in [0.25, 0.3) is 0 Å². The maximum Gasteiger partial charge on any atom is 0.327 e. The van der Waals surface area contributed by atoms with Gasteiger partial charge in [-0.25, -0.2) is 4.79 Å². The second-order valence-corrected chi connectivity index (χ2v) is 7.75. The molecule has 1 aliphatic heterocycles. The van der Waals surface area contributed by atoms with Crippen molar-refractivity contribution in [3.05, 3.63) is 96.6 Å². The molecule has 0 bridgehead atoms. The Kier molecular flexibility index (Phi) is 6.60. The van der Waals surface area contributed by atoms with Gasteiger partial charge in [0.1, 0.15) is 6.04 Å². The number of para-hydroxylation sites is 2. The second kappa shape index (κ2) is 9.92. The molecular weight excluding hydrogens is 402 g/mol. The van der Waals surface area contributed by atoms with Crippen LogP contribution in [0.15, 0.2) is 91.0 Å². The van der Waals surface area contributed by atoms with Gasteiger partial charge < -0.3 is 10.2 Å². The molecule has 0 radical (unpaired) electrons. The summed E-state index contributed by atoms with van der Waals surface area (Å²) >= 11 is 0. The third-order valence-corrected chi connectivity index (χ3v) is 5.45. The second-order valence-electron chi connectivity index (χ2n) is 7.75. The number of ketones is 1. The number of likely N-dealkylation sites (tertiary alicyclic amines) is 1. The van der Waals surface area contributed by atoms with Crippen molar-refractivity contribution in [3.8, 4) is 0 Å². The fraction of sp³-hybridized carbons (Fsp3) is 0.192. The number of hydrogen-bond acceptors (Lipinski definition) is 3. The Balaban J connectivity index is 1.62. The summed E-state index contributed by atoms with van der Waals surface area (Å²) in [5.41, 5.74) is 2.32. The molecule has 1 fully saturated rings. The number of hydrogen-bond donors (Lipinski definition) is 1. The van der Waals surface area contributed by atoms with Crippen molar-refractivity contribution in [2.75, 3.05) is 18.0 Å². The fourth-order valence-corrected chi connectivity index (χ4v) is 3.84. The zero-order chi connectivity index (χ0) is 22.3. The Morgan fingerprint density at radius 1 is 0.844 bits per heavy atom. The van der Waals surface area contributed by atoms with E-state index in [-0.39, 0.29) is 18.2 Å². The van der Waals surface area contributed by atoms with Gasteiger partial charge in [0, 0.05) is 19.4 Å². The summed E-state index contributed by atoms with van der Waals surface area (Å²) in [6, 6.07) is 27.0. The Bertz CT molecular complexity index is 1030. The number of Topliss-reactive ketones (excluding diaryl/α,β-unsaturated/α-hetero) is 1. The summed E-state index contributed by atoms with van der Waals surface area (Å²) in [4.78, 5) is 41.6. The van der Waals surface area contributed by atoms with Gasteiger partial charge in [-0.3, -0.25) is 14.5 Å². The maximum atomic E-state index is 13.5. The molecule has 3 amide bonds. The zero-order valence-electron chi connectivity index (χ0n) is 17.7. The number of nitrogens with one attached hydrogen (secondary N) is 1. The highest BCUT2D eigenvalue weighted by Gasteiger charge is 2.32. The minimum atomic E-state index is -0.786. The maximum absolute atomic E-state index is 13.5. The van der Waals surface area contributed by atoms with Gasteiger partial charge in [0.15, 0.2) is 5.78 Å². The lowest BCUT2D eigenvalue weighted by atomic mass is 10.0. The lowest BCUT2D eigenvalue weighted by Crippen LogP contribution is -2.52. The van der Waals surface area contributed by atoms with E-state index in [0.29, 0.717) is 30.8 Å². The van der Waals surface area contributed by atoms with E-state index < -0.39 is 12.1 Å². The highest BCUT2D eigenvalue weighted by atomic mass is 16.2. The number of nitrogens with zero attached hydrogens (tertiary/aromatic N) is 2. The van der Waals surface area contributed by atoms with Gasteiger partial charge in [-0.05, 0) is 29.8 Å². The zero-order valence-corrected chi connectivity index (χ0v) is 17.7. The lowest BCUT2D eigenvalue weighted by Gasteiger charge is -2.28. The third-order valence-electron chi connectivity index (χ3n) is 5.45. The Morgan fingerprint density at radius 2 is 1.38 bits per heavy atom. The first-order valence-corrected chi connectivity index (χ1v) is 10.7. The summed E-state index contributed by atoms with van der Waals surface area (Å²) in [7, 11) is 0. The quantitative estimate of drug-likeness (QED) is 0.648. The van der Waals surface area contributed by atoms with Crippen molar-refractivity contribution in [1.82, 2.24) is 10.2 Å². The van der Waals surface area contributed by atoms with Crippen molar-refractivity contribution >= 4 is 29.1 Å². The van der Waals surface area contributed by atoms with Crippen LogP contribution in [0.1, 0.15) is 12.0 Å². The van der Waals surface area contributed by atoms with Gasteiger partial charge in [0.2, 0.25) is 5.91 Å². The number of urea groups is 1. The molecule has 0 aliphatic carbocycles. The Morgan fingerprint density at radius 3 is 1.88 bits per heavy atom. The van der Waals surface area contributed by atoms with Gasteiger partial charge in [0.25, 0.3) is 0 Å². The molecule has 3 aromatic rings. The Hall–Kier alpha value is -3.93. The molecule has 0 spiro atoms. The van der Waals surface area contributed by atoms with Crippen molar-refractivity contribution in [2.45, 2.75) is 18.9 Å². The molecule has 0 aromatic heterocycles. The first-order valence-electron chi connectivity index (χ1n) is 10.7. The number of amides is 3. The van der Waals surface area contributed by atoms with Crippen molar-refractivity contribution < 1.29 is 14.4 Å². The van der Waals surface area contributed by atoms with Gasteiger partial charge in [-0.15, -0.1) is 0 Å². The van der Waals surface area contributed by atoms with Gasteiger partial charge in [0.05, 0.1) is 17.9 Å². The molecule has 32 heavy (non-hydrogen) atoms. The summed E-state index contributed by atoms with van der Waals surface area (Å²) in [5.74, 6) is -0.201. The minimum Gasteiger partial charge on any atom is -0.333 e. The largest absolute Gasteiger partial charge is 0.333 e. The van der Waals surface area contributed by atoms with Crippen LogP contribution >= 0.6 is 0 Å². The standard InChI is InChI=1S/C26H25N3O3/c30-23-16-17-28(19-23)25(31)24(18-20-10-4-1-5-11-20)27-26(32)29(21-12-6-2-7-13-21)22-14-8-3-9-15-22/h1-15,24H,16-19H2,(H,27,32). The van der Waals surface area contributed by atoms with Crippen LogP contribution < -0.4 is 10.2 Å². The van der Waals surface area contributed by atoms with Crippen LogP contribution in [-0.2, 0) is 16.0 Å². The first kappa shape index (κ1) is 21.3. The number of carbonyl (C=O) groups excluding carboxylic acids is 3. The van der Waals surface area contributed by atoms with E-state index in [2.05, 4.69) is 5.32 Å². The van der Waals surface area contributed by atoms with E-state index in [4.69, 9.17) is 0 Å². The molecule has 162 valence electrons. The SMILES string of the molecule is O=C1CCN(C(=O)C(Cc2ccccc2)NC(=O)N(c2ccccc2)c2ccccc2)C1. The van der Waals surface area contributed by atoms with Gasteiger partial charge in [-0.1, -0.05) is 66.7 Å². The molecule has 6 nitrogen and oxygen atoms in total. The highest BCUT2D eigenvalue weighted by Crippen LogP contribution is 2.25. The average Bonchev–Trinajstić information content (AvgIpc) is 3.27. The van der Waals surface area contributed by atoms with Crippen molar-refractivity contribution in [1.29, 1.82) is 0 Å². The van der Waals surface area contributed by atoms with E-state index >= 15 is 0 Å². The summed E-state index contributed by atoms with van der Waals surface area (Å²) in [5, 5.41) is 2.94. The van der Waals surface area contributed by atoms with Crippen LogP contribution in [0, 0.1) is 0 Å². The van der Waals surface area contributed by atoms with Crippen LogP contribution in [-0.4, -0.2) is 41.8 Å².